The van der Waals surface area contributed by atoms with Gasteiger partial charge in [-0.2, -0.15) is 4.98 Å². The molecule has 0 unspecified atom stereocenters. The summed E-state index contributed by atoms with van der Waals surface area (Å²) in [7, 11) is 1.57. The first-order chi connectivity index (χ1) is 5.40. The number of aromatic nitrogens is 2. The highest BCUT2D eigenvalue weighted by Crippen LogP contribution is 2.13. The van der Waals surface area contributed by atoms with Crippen molar-refractivity contribution in [3.8, 4) is 6.01 Å². The van der Waals surface area contributed by atoms with Gasteiger partial charge in [-0.1, -0.05) is 0 Å². The Bertz CT molecular complexity index is 279. The number of methoxy groups -OCH3 is 1. The van der Waals surface area contributed by atoms with Crippen LogP contribution in [0.25, 0.3) is 0 Å². The first-order valence-electron chi connectivity index (χ1n) is 3.49. The van der Waals surface area contributed by atoms with Gasteiger partial charge in [-0.15, -0.1) is 12.4 Å². The summed E-state index contributed by atoms with van der Waals surface area (Å²) < 4.78 is 4.89. The zero-order valence-electron chi connectivity index (χ0n) is 6.70. The lowest BCUT2D eigenvalue weighted by Gasteiger charge is -1.98. The molecule has 4 nitrogen and oxygen atoms in total. The van der Waals surface area contributed by atoms with Crippen LogP contribution >= 0.6 is 12.4 Å². The molecule has 0 fully saturated rings. The van der Waals surface area contributed by atoms with Gasteiger partial charge in [0.15, 0.2) is 0 Å². The van der Waals surface area contributed by atoms with Gasteiger partial charge in [0.2, 0.25) is 0 Å². The van der Waals surface area contributed by atoms with Gasteiger partial charge in [-0.05, 0) is 0 Å². The Labute approximate surface area is 76.8 Å². The van der Waals surface area contributed by atoms with Crippen molar-refractivity contribution >= 4 is 12.4 Å². The van der Waals surface area contributed by atoms with Gasteiger partial charge in [0.05, 0.1) is 12.8 Å². The van der Waals surface area contributed by atoms with Crippen LogP contribution in [0.15, 0.2) is 6.20 Å². The summed E-state index contributed by atoms with van der Waals surface area (Å²) in [6.07, 6.45) is 1.81. The molecule has 1 aliphatic heterocycles. The van der Waals surface area contributed by atoms with Gasteiger partial charge in [0, 0.05) is 24.8 Å². The molecular weight excluding hydrogens is 178 g/mol. The maximum Gasteiger partial charge on any atom is 0.316 e. The number of hydrogen-bond acceptors (Lipinski definition) is 4. The first-order valence-corrected chi connectivity index (χ1v) is 3.49. The molecule has 5 heteroatoms. The molecule has 0 bridgehead atoms. The number of halogens is 1. The Balaban J connectivity index is 0.000000720. The highest BCUT2D eigenvalue weighted by atomic mass is 35.5. The minimum Gasteiger partial charge on any atom is -0.467 e. The fraction of sp³-hybridized carbons (Fsp3) is 0.429. The van der Waals surface area contributed by atoms with Gasteiger partial charge in [-0.3, -0.25) is 0 Å². The molecule has 2 heterocycles. The van der Waals surface area contributed by atoms with E-state index in [0.29, 0.717) is 6.01 Å². The van der Waals surface area contributed by atoms with Crippen LogP contribution in [0.2, 0.25) is 0 Å². The van der Waals surface area contributed by atoms with E-state index in [2.05, 4.69) is 15.3 Å². The van der Waals surface area contributed by atoms with Crippen LogP contribution in [0.5, 0.6) is 6.01 Å². The van der Waals surface area contributed by atoms with Crippen molar-refractivity contribution < 1.29 is 4.74 Å². The Hall–Kier alpha value is -0.870. The monoisotopic (exact) mass is 187 g/mol. The number of nitrogens with one attached hydrogen (secondary N) is 1. The molecule has 1 aromatic rings. The molecule has 66 valence electrons. The van der Waals surface area contributed by atoms with E-state index in [9.17, 15) is 0 Å². The third kappa shape index (κ3) is 1.49. The van der Waals surface area contributed by atoms with Crippen molar-refractivity contribution in [3.63, 3.8) is 0 Å². The number of hydrogen-bond donors (Lipinski definition) is 1. The number of nitrogens with zero attached hydrogens (tertiary/aromatic N) is 2. The van der Waals surface area contributed by atoms with Crippen molar-refractivity contribution in [3.05, 3.63) is 17.5 Å². The normalized spacial score (nSPS) is 13.4. The third-order valence-corrected chi connectivity index (χ3v) is 1.72. The standard InChI is InChI=1S/C7H9N3O.ClH/c1-11-7-9-3-5-2-8-4-6(5)10-7;/h3,8H,2,4H2,1H3;1H. The second kappa shape index (κ2) is 3.69. The van der Waals surface area contributed by atoms with Gasteiger partial charge < -0.3 is 10.1 Å². The highest BCUT2D eigenvalue weighted by molar-refractivity contribution is 5.85. The molecule has 0 amide bonds. The summed E-state index contributed by atoms with van der Waals surface area (Å²) in [5.41, 5.74) is 2.22. The molecule has 0 radical (unpaired) electrons. The van der Waals surface area contributed by atoms with E-state index in [1.807, 2.05) is 0 Å². The SMILES string of the molecule is COc1ncc2c(n1)CNC2.Cl. The van der Waals surface area contributed by atoms with Crippen LogP contribution in [0.4, 0.5) is 0 Å². The summed E-state index contributed by atoms with van der Waals surface area (Å²) >= 11 is 0. The Morgan fingerprint density at radius 2 is 2.33 bits per heavy atom. The third-order valence-electron chi connectivity index (χ3n) is 1.72. The van der Waals surface area contributed by atoms with Gasteiger partial charge in [-0.25, -0.2) is 4.98 Å². The van der Waals surface area contributed by atoms with Crippen LogP contribution in [0.1, 0.15) is 11.3 Å². The van der Waals surface area contributed by atoms with Crippen molar-refractivity contribution in [2.24, 2.45) is 0 Å². The van der Waals surface area contributed by atoms with E-state index >= 15 is 0 Å². The quantitative estimate of drug-likeness (QED) is 0.696. The van der Waals surface area contributed by atoms with E-state index in [1.165, 1.54) is 5.56 Å². The minimum atomic E-state index is 0. The van der Waals surface area contributed by atoms with Crippen molar-refractivity contribution in [1.29, 1.82) is 0 Å². The van der Waals surface area contributed by atoms with Crippen LogP contribution in [0, 0.1) is 0 Å². The smallest absolute Gasteiger partial charge is 0.316 e. The maximum absolute atomic E-state index is 4.89. The topological polar surface area (TPSA) is 47.0 Å². The largest absolute Gasteiger partial charge is 0.467 e. The molecule has 12 heavy (non-hydrogen) atoms. The summed E-state index contributed by atoms with van der Waals surface area (Å²) in [6, 6.07) is 0.451. The molecule has 0 aromatic carbocycles. The Morgan fingerprint density at radius 1 is 1.50 bits per heavy atom. The van der Waals surface area contributed by atoms with Crippen LogP contribution in [0.3, 0.4) is 0 Å². The van der Waals surface area contributed by atoms with Gasteiger partial charge in [0.25, 0.3) is 0 Å². The van der Waals surface area contributed by atoms with E-state index < -0.39 is 0 Å². The maximum atomic E-state index is 4.89. The van der Waals surface area contributed by atoms with Crippen molar-refractivity contribution in [2.75, 3.05) is 7.11 Å². The van der Waals surface area contributed by atoms with E-state index in [0.717, 1.165) is 18.8 Å². The average Bonchev–Trinajstić information content (AvgIpc) is 2.50. The molecule has 2 rings (SSSR count). The molecular formula is C7H10ClN3O. The van der Waals surface area contributed by atoms with Gasteiger partial charge in [0.1, 0.15) is 0 Å². The van der Waals surface area contributed by atoms with Crippen LogP contribution < -0.4 is 10.1 Å². The first kappa shape index (κ1) is 9.22. The summed E-state index contributed by atoms with van der Waals surface area (Å²) in [6.45, 7) is 1.70. The molecule has 0 atom stereocenters. The minimum absolute atomic E-state index is 0. The average molecular weight is 188 g/mol. The summed E-state index contributed by atoms with van der Waals surface area (Å²) in [5.74, 6) is 0. The number of ether oxygens (including phenoxy) is 1. The molecule has 0 saturated heterocycles. The van der Waals surface area contributed by atoms with Crippen LogP contribution in [-0.2, 0) is 13.1 Å². The van der Waals surface area contributed by atoms with Crippen molar-refractivity contribution in [2.45, 2.75) is 13.1 Å². The lowest BCUT2D eigenvalue weighted by atomic mass is 10.3. The molecule has 0 aliphatic carbocycles. The molecule has 1 aliphatic rings. The fourth-order valence-corrected chi connectivity index (χ4v) is 1.14. The van der Waals surface area contributed by atoms with Crippen LogP contribution in [-0.4, -0.2) is 17.1 Å². The van der Waals surface area contributed by atoms with Gasteiger partial charge >= 0.3 is 6.01 Å². The molecule has 0 spiro atoms. The molecule has 0 saturated carbocycles. The van der Waals surface area contributed by atoms with E-state index in [-0.39, 0.29) is 12.4 Å². The Kier molecular flexibility index (Phi) is 2.83. The van der Waals surface area contributed by atoms with E-state index in [1.54, 1.807) is 13.3 Å². The zero-order valence-corrected chi connectivity index (χ0v) is 7.52. The molecule has 1 N–H and O–H groups in total. The Morgan fingerprint density at radius 3 is 3.08 bits per heavy atom. The van der Waals surface area contributed by atoms with E-state index in [4.69, 9.17) is 4.74 Å². The fourth-order valence-electron chi connectivity index (χ4n) is 1.14. The lowest BCUT2D eigenvalue weighted by molar-refractivity contribution is 0.378. The summed E-state index contributed by atoms with van der Waals surface area (Å²) in [4.78, 5) is 8.17. The lowest BCUT2D eigenvalue weighted by Crippen LogP contribution is -2.00. The highest BCUT2D eigenvalue weighted by Gasteiger charge is 2.12. The second-order valence-corrected chi connectivity index (χ2v) is 2.43. The number of rotatable bonds is 1. The summed E-state index contributed by atoms with van der Waals surface area (Å²) in [5, 5.41) is 3.18. The molecule has 1 aromatic heterocycles. The number of fused-ring (bicyclic) bond motifs is 1. The predicted octanol–water partition coefficient (Wildman–Crippen LogP) is 0.510. The van der Waals surface area contributed by atoms with Crippen molar-refractivity contribution in [1.82, 2.24) is 15.3 Å². The second-order valence-electron chi connectivity index (χ2n) is 2.43. The zero-order chi connectivity index (χ0) is 7.68. The predicted molar refractivity (Wildman–Crippen MR) is 46.4 cm³/mol.